The molecule has 4 nitrogen and oxygen atoms in total. The molecule has 4 rings (SSSR count). The van der Waals surface area contributed by atoms with Crippen molar-refractivity contribution in [3.63, 3.8) is 0 Å². The Bertz CT molecular complexity index is 1130. The summed E-state index contributed by atoms with van der Waals surface area (Å²) < 4.78 is 0.970. The number of H-pyrrole nitrogens is 1. The van der Waals surface area contributed by atoms with Gasteiger partial charge in [0.15, 0.2) is 5.88 Å². The fourth-order valence-corrected chi connectivity index (χ4v) is 3.58. The Balaban J connectivity index is 1.95. The first-order valence-corrected chi connectivity index (χ1v) is 8.95. The summed E-state index contributed by atoms with van der Waals surface area (Å²) in [4.78, 5) is 12.7. The summed E-state index contributed by atoms with van der Waals surface area (Å²) >= 11 is 3.50. The van der Waals surface area contributed by atoms with Crippen LogP contribution in [0.25, 0.3) is 17.0 Å². The van der Waals surface area contributed by atoms with Crippen LogP contribution in [0, 0.1) is 0 Å². The summed E-state index contributed by atoms with van der Waals surface area (Å²) in [6, 6.07) is 13.8. The Morgan fingerprint density at radius 3 is 2.72 bits per heavy atom. The van der Waals surface area contributed by atoms with Gasteiger partial charge >= 0.3 is 0 Å². The van der Waals surface area contributed by atoms with E-state index in [0.29, 0.717) is 6.42 Å². The molecule has 1 aromatic heterocycles. The van der Waals surface area contributed by atoms with Gasteiger partial charge in [0.25, 0.3) is 0 Å². The zero-order valence-corrected chi connectivity index (χ0v) is 15.6. The number of nitrogens with zero attached hydrogens (tertiary/aromatic N) is 2. The number of hydrogen-bond donors (Lipinski definition) is 2. The molecule has 2 aromatic carbocycles. The third kappa shape index (κ3) is 3.12. The van der Waals surface area contributed by atoms with Crippen LogP contribution in [0.4, 0.5) is 0 Å². The summed E-state index contributed by atoms with van der Waals surface area (Å²) in [6.45, 7) is 4.20. The monoisotopic (exact) mass is 395 g/mol. The molecule has 1 aliphatic heterocycles. The molecular weight excluding hydrogens is 378 g/mol. The van der Waals surface area contributed by atoms with E-state index in [4.69, 9.17) is 9.98 Å². The molecule has 25 heavy (non-hydrogen) atoms. The van der Waals surface area contributed by atoms with Crippen molar-refractivity contribution >= 4 is 32.9 Å². The second kappa shape index (κ2) is 5.85. The number of aromatic amines is 1. The highest BCUT2D eigenvalue weighted by Gasteiger charge is 2.21. The van der Waals surface area contributed by atoms with E-state index in [-0.39, 0.29) is 11.4 Å². The minimum atomic E-state index is -0.260. The van der Waals surface area contributed by atoms with Crippen molar-refractivity contribution in [1.82, 2.24) is 4.98 Å². The second-order valence-corrected chi connectivity index (χ2v) is 7.83. The Morgan fingerprint density at radius 1 is 1.16 bits per heavy atom. The number of benzene rings is 2. The molecule has 126 valence electrons. The fraction of sp³-hybridized carbons (Fsp3) is 0.200. The molecule has 0 unspecified atom stereocenters. The average Bonchev–Trinajstić information content (AvgIpc) is 2.76. The summed E-state index contributed by atoms with van der Waals surface area (Å²) in [5.41, 5.74) is 2.29. The van der Waals surface area contributed by atoms with Crippen molar-refractivity contribution in [3.05, 3.63) is 68.9 Å². The normalized spacial score (nSPS) is 17.6. The van der Waals surface area contributed by atoms with E-state index < -0.39 is 0 Å². The van der Waals surface area contributed by atoms with Gasteiger partial charge in [0.1, 0.15) is 0 Å². The maximum Gasteiger partial charge on any atom is 0.196 e. The number of nitrogens with one attached hydrogen (secondary N) is 1. The minimum absolute atomic E-state index is 0.156. The molecule has 0 saturated carbocycles. The van der Waals surface area contributed by atoms with Gasteiger partial charge in [-0.1, -0.05) is 28.1 Å². The van der Waals surface area contributed by atoms with Crippen LogP contribution in [0.5, 0.6) is 5.88 Å². The van der Waals surface area contributed by atoms with Crippen molar-refractivity contribution in [2.75, 3.05) is 0 Å². The maximum absolute atomic E-state index is 10.4. The molecule has 0 atom stereocenters. The van der Waals surface area contributed by atoms with Crippen molar-refractivity contribution < 1.29 is 5.11 Å². The zero-order chi connectivity index (χ0) is 17.6. The van der Waals surface area contributed by atoms with Gasteiger partial charge in [0, 0.05) is 33.1 Å². The summed E-state index contributed by atoms with van der Waals surface area (Å²) in [7, 11) is 0. The van der Waals surface area contributed by atoms with E-state index in [1.165, 1.54) is 0 Å². The van der Waals surface area contributed by atoms with Crippen LogP contribution in [-0.4, -0.2) is 15.6 Å². The van der Waals surface area contributed by atoms with E-state index in [9.17, 15) is 5.11 Å². The van der Waals surface area contributed by atoms with Crippen LogP contribution in [0.2, 0.25) is 0 Å². The minimum Gasteiger partial charge on any atom is -0.494 e. The molecule has 0 radical (unpaired) electrons. The van der Waals surface area contributed by atoms with Crippen molar-refractivity contribution in [2.24, 2.45) is 9.98 Å². The molecule has 5 heteroatoms. The predicted molar refractivity (Wildman–Crippen MR) is 103 cm³/mol. The van der Waals surface area contributed by atoms with Gasteiger partial charge < -0.3 is 10.1 Å². The van der Waals surface area contributed by atoms with Gasteiger partial charge in [0.05, 0.1) is 16.3 Å². The van der Waals surface area contributed by atoms with Crippen LogP contribution < -0.4 is 10.7 Å². The molecule has 0 fully saturated rings. The van der Waals surface area contributed by atoms with E-state index >= 15 is 0 Å². The van der Waals surface area contributed by atoms with Crippen LogP contribution in [-0.2, 0) is 0 Å². The third-order valence-corrected chi connectivity index (χ3v) is 4.77. The molecule has 1 aliphatic rings. The molecule has 2 N–H and O–H groups in total. The first kappa shape index (κ1) is 16.1. The lowest BCUT2D eigenvalue weighted by atomic mass is 9.98. The SMILES string of the molecule is CC1(C)C/C(=C\c2c(O)[nH]c3ccc(Br)cc23)N=c2ccccc2=N1. The number of aromatic nitrogens is 1. The standard InChI is InChI=1S/C20H18BrN3O/c1-20(2)11-13(22-17-5-3-4-6-18(17)24-20)10-15-14-9-12(21)7-8-16(14)23-19(15)25/h3-10,23,25H,11H2,1-2H3/b13-10+. The van der Waals surface area contributed by atoms with Gasteiger partial charge in [-0.15, -0.1) is 0 Å². The Labute approximate surface area is 153 Å². The summed E-state index contributed by atoms with van der Waals surface area (Å²) in [6.07, 6.45) is 2.65. The Kier molecular flexibility index (Phi) is 3.76. The lowest BCUT2D eigenvalue weighted by Gasteiger charge is -2.18. The van der Waals surface area contributed by atoms with E-state index in [0.717, 1.165) is 37.4 Å². The quantitative estimate of drug-likeness (QED) is 0.639. The van der Waals surface area contributed by atoms with Gasteiger partial charge in [-0.05, 0) is 50.3 Å². The molecule has 3 aromatic rings. The van der Waals surface area contributed by atoms with Crippen molar-refractivity contribution in [3.8, 4) is 5.88 Å². The first-order chi connectivity index (χ1) is 11.9. The molecule has 0 saturated heterocycles. The molecule has 2 heterocycles. The second-order valence-electron chi connectivity index (χ2n) is 6.91. The van der Waals surface area contributed by atoms with Gasteiger partial charge in [0.2, 0.25) is 0 Å². The van der Waals surface area contributed by atoms with E-state index in [2.05, 4.69) is 34.8 Å². The van der Waals surface area contributed by atoms with Crippen molar-refractivity contribution in [1.29, 1.82) is 0 Å². The number of fused-ring (bicyclic) bond motifs is 2. The summed E-state index contributed by atoms with van der Waals surface area (Å²) in [5.74, 6) is 0.156. The lowest BCUT2D eigenvalue weighted by molar-refractivity contribution is 0.457. The number of para-hydroxylation sites is 2. The first-order valence-electron chi connectivity index (χ1n) is 8.16. The largest absolute Gasteiger partial charge is 0.494 e. The number of aromatic hydroxyl groups is 1. The van der Waals surface area contributed by atoms with Gasteiger partial charge in [-0.25, -0.2) is 0 Å². The lowest BCUT2D eigenvalue weighted by Crippen LogP contribution is -2.27. The van der Waals surface area contributed by atoms with Crippen LogP contribution in [0.15, 0.2) is 62.6 Å². The molecule has 0 spiro atoms. The number of rotatable bonds is 1. The molecule has 0 aliphatic carbocycles. The van der Waals surface area contributed by atoms with Crippen LogP contribution in [0.1, 0.15) is 25.8 Å². The van der Waals surface area contributed by atoms with Gasteiger partial charge in [-0.2, -0.15) is 0 Å². The van der Waals surface area contributed by atoms with Gasteiger partial charge in [-0.3, -0.25) is 9.98 Å². The maximum atomic E-state index is 10.4. The molecule has 0 bridgehead atoms. The average molecular weight is 396 g/mol. The van der Waals surface area contributed by atoms with E-state index in [1.807, 2.05) is 48.5 Å². The number of halogens is 1. The van der Waals surface area contributed by atoms with E-state index in [1.54, 1.807) is 0 Å². The molecular formula is C20H18BrN3O. The highest BCUT2D eigenvalue weighted by Crippen LogP contribution is 2.33. The summed E-state index contributed by atoms with van der Waals surface area (Å²) in [5, 5.41) is 13.1. The number of hydrogen-bond acceptors (Lipinski definition) is 3. The Morgan fingerprint density at radius 2 is 1.92 bits per heavy atom. The van der Waals surface area contributed by atoms with Crippen LogP contribution in [0.3, 0.4) is 0 Å². The predicted octanol–water partition coefficient (Wildman–Crippen LogP) is 4.10. The highest BCUT2D eigenvalue weighted by molar-refractivity contribution is 9.10. The Hall–Kier alpha value is -2.40. The third-order valence-electron chi connectivity index (χ3n) is 4.27. The molecule has 0 amide bonds. The fourth-order valence-electron chi connectivity index (χ4n) is 3.22. The van der Waals surface area contributed by atoms with Crippen LogP contribution >= 0.6 is 15.9 Å². The topological polar surface area (TPSA) is 60.7 Å². The highest BCUT2D eigenvalue weighted by atomic mass is 79.9. The zero-order valence-electron chi connectivity index (χ0n) is 14.0. The van der Waals surface area contributed by atoms with Crippen molar-refractivity contribution in [2.45, 2.75) is 25.8 Å². The smallest absolute Gasteiger partial charge is 0.196 e.